The van der Waals surface area contributed by atoms with E-state index in [0.717, 1.165) is 0 Å². The van der Waals surface area contributed by atoms with Crippen LogP contribution < -0.4 is 10.6 Å². The van der Waals surface area contributed by atoms with Crippen LogP contribution in [0, 0.1) is 11.7 Å². The van der Waals surface area contributed by atoms with E-state index < -0.39 is 11.8 Å². The Kier molecular flexibility index (Phi) is 5.70. The minimum Gasteiger partial charge on any atom is -0.396 e. The fourth-order valence-electron chi connectivity index (χ4n) is 2.26. The van der Waals surface area contributed by atoms with Crippen LogP contribution in [0.5, 0.6) is 0 Å². The van der Waals surface area contributed by atoms with Gasteiger partial charge in [-0.05, 0) is 36.6 Å². The summed E-state index contributed by atoms with van der Waals surface area (Å²) in [5, 5.41) is 18.6. The molecule has 2 aromatic rings. The summed E-state index contributed by atoms with van der Waals surface area (Å²) in [4.78, 5) is 12.2. The lowest BCUT2D eigenvalue weighted by atomic mass is 10.0. The summed E-state index contributed by atoms with van der Waals surface area (Å²) in [5.41, 5.74) is 0.882. The molecule has 0 aliphatic heterocycles. The van der Waals surface area contributed by atoms with E-state index in [1.807, 2.05) is 13.8 Å². The van der Waals surface area contributed by atoms with Gasteiger partial charge in [0.2, 0.25) is 0 Å². The van der Waals surface area contributed by atoms with Gasteiger partial charge in [-0.2, -0.15) is 5.10 Å². The van der Waals surface area contributed by atoms with Crippen molar-refractivity contribution in [2.75, 3.05) is 11.9 Å². The maximum atomic E-state index is 13.5. The van der Waals surface area contributed by atoms with Crippen molar-refractivity contribution in [3.63, 3.8) is 0 Å². The number of anilines is 1. The van der Waals surface area contributed by atoms with Gasteiger partial charge in [0.1, 0.15) is 5.82 Å². The number of carbonyl (C=O) groups excluding carboxylic acids is 1. The van der Waals surface area contributed by atoms with Gasteiger partial charge in [-0.15, -0.1) is 0 Å². The first-order valence-corrected chi connectivity index (χ1v) is 7.49. The van der Waals surface area contributed by atoms with E-state index in [1.54, 1.807) is 29.2 Å². The van der Waals surface area contributed by atoms with Crippen molar-refractivity contribution in [1.29, 1.82) is 0 Å². The Bertz CT molecular complexity index is 644. The first-order chi connectivity index (χ1) is 11.0. The molecule has 0 aliphatic carbocycles. The first kappa shape index (κ1) is 17.0. The van der Waals surface area contributed by atoms with Crippen LogP contribution in [-0.4, -0.2) is 33.6 Å². The minimum absolute atomic E-state index is 0.0123. The third-order valence-electron chi connectivity index (χ3n) is 3.52. The van der Waals surface area contributed by atoms with E-state index in [1.165, 1.54) is 12.1 Å². The topological polar surface area (TPSA) is 79.2 Å². The van der Waals surface area contributed by atoms with Gasteiger partial charge in [0.25, 0.3) is 0 Å². The second kappa shape index (κ2) is 7.73. The number of hydrogen-bond donors (Lipinski definition) is 3. The quantitative estimate of drug-likeness (QED) is 0.765. The number of benzene rings is 1. The van der Waals surface area contributed by atoms with E-state index in [0.29, 0.717) is 17.8 Å². The van der Waals surface area contributed by atoms with E-state index in [-0.39, 0.29) is 18.6 Å². The number of nitrogens with zero attached hydrogens (tertiary/aromatic N) is 2. The summed E-state index contributed by atoms with van der Waals surface area (Å²) in [6.45, 7) is 3.90. The van der Waals surface area contributed by atoms with Gasteiger partial charge >= 0.3 is 6.03 Å². The molecule has 1 aromatic heterocycles. The Morgan fingerprint density at radius 2 is 2.22 bits per heavy atom. The number of aliphatic hydroxyl groups is 1. The fourth-order valence-corrected chi connectivity index (χ4v) is 2.26. The first-order valence-electron chi connectivity index (χ1n) is 7.49. The van der Waals surface area contributed by atoms with Crippen LogP contribution in [0.4, 0.5) is 14.9 Å². The number of amides is 2. The van der Waals surface area contributed by atoms with Crippen LogP contribution >= 0.6 is 0 Å². The summed E-state index contributed by atoms with van der Waals surface area (Å²) in [5.74, 6) is -0.280. The molecule has 23 heavy (non-hydrogen) atoms. The summed E-state index contributed by atoms with van der Waals surface area (Å²) < 4.78 is 15.1. The summed E-state index contributed by atoms with van der Waals surface area (Å²) in [6.07, 6.45) is 3.77. The van der Waals surface area contributed by atoms with Crippen LogP contribution in [0.15, 0.2) is 36.7 Å². The molecule has 1 aromatic carbocycles. The molecule has 0 radical (unpaired) electrons. The Labute approximate surface area is 134 Å². The summed E-state index contributed by atoms with van der Waals surface area (Å²) >= 11 is 0. The van der Waals surface area contributed by atoms with Crippen LogP contribution in [0.25, 0.3) is 5.69 Å². The summed E-state index contributed by atoms with van der Waals surface area (Å²) in [6, 6.07) is 5.22. The monoisotopic (exact) mass is 320 g/mol. The third-order valence-corrected chi connectivity index (χ3v) is 3.52. The maximum Gasteiger partial charge on any atom is 0.319 e. The van der Waals surface area contributed by atoms with Crippen molar-refractivity contribution in [2.45, 2.75) is 26.3 Å². The number of carbonyl (C=O) groups is 1. The van der Waals surface area contributed by atoms with Crippen molar-refractivity contribution in [1.82, 2.24) is 15.1 Å². The van der Waals surface area contributed by atoms with Crippen LogP contribution in [-0.2, 0) is 0 Å². The van der Waals surface area contributed by atoms with Gasteiger partial charge in [0.15, 0.2) is 0 Å². The predicted octanol–water partition coefficient (Wildman–Crippen LogP) is 2.54. The number of aromatic nitrogens is 2. The molecule has 7 heteroatoms. The van der Waals surface area contributed by atoms with Gasteiger partial charge in [-0.1, -0.05) is 13.8 Å². The number of halogens is 1. The Morgan fingerprint density at radius 3 is 2.83 bits per heavy atom. The lowest BCUT2D eigenvalue weighted by Crippen LogP contribution is -2.41. The Hall–Kier alpha value is -2.41. The van der Waals surface area contributed by atoms with Gasteiger partial charge in [-0.3, -0.25) is 0 Å². The third kappa shape index (κ3) is 4.53. The second-order valence-corrected chi connectivity index (χ2v) is 5.57. The average molecular weight is 320 g/mol. The van der Waals surface area contributed by atoms with E-state index in [9.17, 15) is 9.18 Å². The van der Waals surface area contributed by atoms with Gasteiger partial charge < -0.3 is 15.7 Å². The number of aliphatic hydroxyl groups excluding tert-OH is 1. The molecule has 0 fully saturated rings. The summed E-state index contributed by atoms with van der Waals surface area (Å²) in [7, 11) is 0. The van der Waals surface area contributed by atoms with Crippen molar-refractivity contribution in [3.8, 4) is 5.69 Å². The van der Waals surface area contributed by atoms with Crippen molar-refractivity contribution in [2.24, 2.45) is 5.92 Å². The maximum absolute atomic E-state index is 13.5. The Balaban J connectivity index is 2.16. The van der Waals surface area contributed by atoms with Crippen molar-refractivity contribution >= 4 is 11.7 Å². The van der Waals surface area contributed by atoms with E-state index in [2.05, 4.69) is 15.7 Å². The lowest BCUT2D eigenvalue weighted by molar-refractivity contribution is 0.227. The lowest BCUT2D eigenvalue weighted by Gasteiger charge is -2.22. The zero-order valence-corrected chi connectivity index (χ0v) is 13.2. The number of rotatable bonds is 6. The molecule has 3 N–H and O–H groups in total. The fraction of sp³-hybridized carbons (Fsp3) is 0.375. The number of hydrogen-bond acceptors (Lipinski definition) is 3. The zero-order chi connectivity index (χ0) is 16.8. The average Bonchev–Trinajstić information content (AvgIpc) is 3.00. The van der Waals surface area contributed by atoms with E-state index >= 15 is 0 Å². The largest absolute Gasteiger partial charge is 0.396 e. The Morgan fingerprint density at radius 1 is 1.43 bits per heavy atom. The van der Waals surface area contributed by atoms with Crippen LogP contribution in [0.2, 0.25) is 0 Å². The van der Waals surface area contributed by atoms with E-state index in [4.69, 9.17) is 5.11 Å². The minimum atomic E-state index is -0.452. The second-order valence-electron chi connectivity index (χ2n) is 5.57. The molecule has 0 bridgehead atoms. The molecule has 0 aliphatic rings. The molecule has 0 saturated carbocycles. The molecular weight excluding hydrogens is 299 g/mol. The smallest absolute Gasteiger partial charge is 0.319 e. The standard InChI is InChI=1S/C16H21FN4O2/c1-11(2)13(6-9-22)19-16(23)20-14-10-12(17)4-5-15(14)21-8-3-7-18-21/h3-5,7-8,10-11,13,22H,6,9H2,1-2H3,(H2,19,20,23)/t13-/m1/s1. The molecule has 6 nitrogen and oxygen atoms in total. The SMILES string of the molecule is CC(C)[C@@H](CCO)NC(=O)Nc1cc(F)ccc1-n1cccn1. The van der Waals surface area contributed by atoms with Gasteiger partial charge in [-0.25, -0.2) is 13.9 Å². The van der Waals surface area contributed by atoms with Crippen LogP contribution in [0.1, 0.15) is 20.3 Å². The highest BCUT2D eigenvalue weighted by Crippen LogP contribution is 2.21. The molecule has 124 valence electrons. The van der Waals surface area contributed by atoms with Crippen molar-refractivity contribution in [3.05, 3.63) is 42.5 Å². The van der Waals surface area contributed by atoms with Crippen molar-refractivity contribution < 1.29 is 14.3 Å². The molecule has 2 rings (SSSR count). The zero-order valence-electron chi connectivity index (χ0n) is 13.2. The molecule has 1 heterocycles. The number of urea groups is 1. The number of nitrogens with one attached hydrogen (secondary N) is 2. The highest BCUT2D eigenvalue weighted by Gasteiger charge is 2.17. The van der Waals surface area contributed by atoms with Crippen LogP contribution in [0.3, 0.4) is 0 Å². The van der Waals surface area contributed by atoms with Gasteiger partial charge in [0.05, 0.1) is 11.4 Å². The highest BCUT2D eigenvalue weighted by molar-refractivity contribution is 5.91. The van der Waals surface area contributed by atoms with Gasteiger partial charge in [0, 0.05) is 25.0 Å². The molecule has 1 atom stereocenters. The molecule has 0 saturated heterocycles. The normalized spacial score (nSPS) is 12.2. The molecule has 0 unspecified atom stereocenters. The molecule has 2 amide bonds. The highest BCUT2D eigenvalue weighted by atomic mass is 19.1. The molecular formula is C16H21FN4O2. The predicted molar refractivity (Wildman–Crippen MR) is 86.0 cm³/mol. The molecule has 0 spiro atoms.